The van der Waals surface area contributed by atoms with Gasteiger partial charge in [-0.15, -0.1) is 0 Å². The zero-order chi connectivity index (χ0) is 16.9. The van der Waals surface area contributed by atoms with Gasteiger partial charge in [0.05, 0.1) is 11.3 Å². The van der Waals surface area contributed by atoms with Crippen molar-refractivity contribution in [3.63, 3.8) is 0 Å². The molecule has 1 fully saturated rings. The van der Waals surface area contributed by atoms with E-state index in [-0.39, 0.29) is 11.5 Å². The molecule has 0 bridgehead atoms. The van der Waals surface area contributed by atoms with Crippen LogP contribution in [0.15, 0.2) is 30.5 Å². The second-order valence-corrected chi connectivity index (χ2v) is 5.76. The molecule has 4 N–H and O–H groups in total. The molecular formula is C17H21FN6. The molecule has 2 aromatic rings. The summed E-state index contributed by atoms with van der Waals surface area (Å²) in [4.78, 5) is 8.80. The Bertz CT molecular complexity index is 727. The molecule has 0 amide bonds. The molecule has 1 aromatic carbocycles. The van der Waals surface area contributed by atoms with Crippen molar-refractivity contribution in [1.29, 1.82) is 5.41 Å². The van der Waals surface area contributed by atoms with Crippen LogP contribution < -0.4 is 16.0 Å². The highest BCUT2D eigenvalue weighted by atomic mass is 19.1. The Morgan fingerprint density at radius 1 is 1.33 bits per heavy atom. The van der Waals surface area contributed by atoms with Crippen LogP contribution in [0.5, 0.6) is 0 Å². The predicted octanol–water partition coefficient (Wildman–Crippen LogP) is 2.24. The Balaban J connectivity index is 1.82. The summed E-state index contributed by atoms with van der Waals surface area (Å²) in [5.74, 6) is 0.728. The fourth-order valence-electron chi connectivity index (χ4n) is 2.77. The van der Waals surface area contributed by atoms with Gasteiger partial charge in [0.25, 0.3) is 0 Å². The van der Waals surface area contributed by atoms with E-state index in [0.29, 0.717) is 28.9 Å². The van der Waals surface area contributed by atoms with Crippen molar-refractivity contribution in [3.05, 3.63) is 47.4 Å². The smallest absolute Gasteiger partial charge is 0.224 e. The molecule has 1 aromatic heterocycles. The monoisotopic (exact) mass is 328 g/mol. The zero-order valence-electron chi connectivity index (χ0n) is 13.6. The number of hydrogen-bond donors (Lipinski definition) is 4. The zero-order valence-corrected chi connectivity index (χ0v) is 13.6. The van der Waals surface area contributed by atoms with Crippen molar-refractivity contribution >= 4 is 17.5 Å². The summed E-state index contributed by atoms with van der Waals surface area (Å²) in [5.41, 5.74) is 1.22. The third-order valence-corrected chi connectivity index (χ3v) is 4.08. The molecular weight excluding hydrogens is 307 g/mol. The molecule has 24 heavy (non-hydrogen) atoms. The molecule has 0 unspecified atom stereocenters. The lowest BCUT2D eigenvalue weighted by Crippen LogP contribution is -2.35. The maximum atomic E-state index is 13.4. The predicted molar refractivity (Wildman–Crippen MR) is 93.4 cm³/mol. The fraction of sp³-hybridized carbons (Fsp3) is 0.353. The highest BCUT2D eigenvalue weighted by molar-refractivity contribution is 6.13. The van der Waals surface area contributed by atoms with Gasteiger partial charge in [-0.2, -0.15) is 4.98 Å². The van der Waals surface area contributed by atoms with E-state index in [4.69, 9.17) is 5.41 Å². The molecule has 2 heterocycles. The first-order valence-corrected chi connectivity index (χ1v) is 8.04. The average molecular weight is 328 g/mol. The quantitative estimate of drug-likeness (QED) is 0.633. The maximum Gasteiger partial charge on any atom is 0.224 e. The van der Waals surface area contributed by atoms with Gasteiger partial charge in [0.1, 0.15) is 11.6 Å². The van der Waals surface area contributed by atoms with E-state index < -0.39 is 0 Å². The summed E-state index contributed by atoms with van der Waals surface area (Å²) in [7, 11) is 1.75. The van der Waals surface area contributed by atoms with E-state index in [0.717, 1.165) is 25.9 Å². The number of nitrogens with one attached hydrogen (secondary N) is 4. The summed E-state index contributed by atoms with van der Waals surface area (Å²) < 4.78 is 13.4. The van der Waals surface area contributed by atoms with Crippen LogP contribution in [0.1, 0.15) is 24.0 Å². The first-order chi connectivity index (χ1) is 11.7. The van der Waals surface area contributed by atoms with Crippen LogP contribution in [-0.4, -0.2) is 41.9 Å². The second-order valence-electron chi connectivity index (χ2n) is 5.76. The molecule has 0 saturated carbocycles. The summed E-state index contributed by atoms with van der Waals surface area (Å²) in [6, 6.07) is 6.34. The molecule has 6 nitrogen and oxygen atoms in total. The third kappa shape index (κ3) is 3.68. The van der Waals surface area contributed by atoms with Gasteiger partial charge in [-0.25, -0.2) is 9.37 Å². The molecule has 1 saturated heterocycles. The van der Waals surface area contributed by atoms with Crippen molar-refractivity contribution < 1.29 is 4.39 Å². The average Bonchev–Trinajstić information content (AvgIpc) is 2.62. The maximum absolute atomic E-state index is 13.4. The van der Waals surface area contributed by atoms with Crippen LogP contribution in [0.2, 0.25) is 0 Å². The highest BCUT2D eigenvalue weighted by Gasteiger charge is 2.16. The number of hydrogen-bond acceptors (Lipinski definition) is 6. The van der Waals surface area contributed by atoms with Crippen LogP contribution in [-0.2, 0) is 0 Å². The van der Waals surface area contributed by atoms with Gasteiger partial charge >= 0.3 is 0 Å². The summed E-state index contributed by atoms with van der Waals surface area (Å²) in [6.45, 7) is 1.97. The van der Waals surface area contributed by atoms with Gasteiger partial charge in [0.15, 0.2) is 0 Å². The Hall–Kier alpha value is -2.54. The topological polar surface area (TPSA) is 85.7 Å². The van der Waals surface area contributed by atoms with E-state index in [1.165, 1.54) is 12.1 Å². The SMILES string of the molecule is CNc1nc(NC2CCNCC2)ncc1C(=N)c1cccc(F)c1. The normalized spacial score (nSPS) is 15.1. The van der Waals surface area contributed by atoms with Gasteiger partial charge in [-0.1, -0.05) is 12.1 Å². The number of piperidine rings is 1. The number of nitrogens with zero attached hydrogens (tertiary/aromatic N) is 2. The summed E-state index contributed by atoms with van der Waals surface area (Å²) >= 11 is 0. The molecule has 1 aliphatic heterocycles. The first-order valence-electron chi connectivity index (χ1n) is 8.04. The number of halogens is 1. The van der Waals surface area contributed by atoms with E-state index in [1.54, 1.807) is 25.4 Å². The van der Waals surface area contributed by atoms with E-state index in [2.05, 4.69) is 25.9 Å². The lowest BCUT2D eigenvalue weighted by atomic mass is 10.0. The minimum absolute atomic E-state index is 0.187. The molecule has 0 aliphatic carbocycles. The van der Waals surface area contributed by atoms with Crippen molar-refractivity contribution in [3.8, 4) is 0 Å². The van der Waals surface area contributed by atoms with Crippen molar-refractivity contribution in [2.75, 3.05) is 30.8 Å². The Morgan fingerprint density at radius 3 is 2.83 bits per heavy atom. The molecule has 3 rings (SSSR count). The largest absolute Gasteiger partial charge is 0.372 e. The Morgan fingerprint density at radius 2 is 2.12 bits per heavy atom. The van der Waals surface area contributed by atoms with Crippen LogP contribution in [0, 0.1) is 11.2 Å². The highest BCUT2D eigenvalue weighted by Crippen LogP contribution is 2.19. The number of anilines is 2. The van der Waals surface area contributed by atoms with Crippen LogP contribution in [0.4, 0.5) is 16.2 Å². The minimum Gasteiger partial charge on any atom is -0.372 e. The van der Waals surface area contributed by atoms with Gasteiger partial charge in [0, 0.05) is 24.8 Å². The van der Waals surface area contributed by atoms with Crippen molar-refractivity contribution in [2.45, 2.75) is 18.9 Å². The van der Waals surface area contributed by atoms with Crippen LogP contribution in [0.25, 0.3) is 0 Å². The van der Waals surface area contributed by atoms with Gasteiger partial charge in [-0.3, -0.25) is 5.41 Å². The first kappa shape index (κ1) is 16.3. The van der Waals surface area contributed by atoms with E-state index >= 15 is 0 Å². The Labute approximate surface area is 140 Å². The lowest BCUT2D eigenvalue weighted by molar-refractivity contribution is 0.477. The summed E-state index contributed by atoms with van der Waals surface area (Å²) in [6.07, 6.45) is 3.66. The molecule has 0 atom stereocenters. The molecule has 0 spiro atoms. The summed E-state index contributed by atoms with van der Waals surface area (Å²) in [5, 5.41) is 18.0. The van der Waals surface area contributed by atoms with E-state index in [9.17, 15) is 4.39 Å². The minimum atomic E-state index is -0.367. The molecule has 0 radical (unpaired) electrons. The van der Waals surface area contributed by atoms with Crippen LogP contribution in [0.3, 0.4) is 0 Å². The number of rotatable bonds is 5. The van der Waals surface area contributed by atoms with Gasteiger partial charge in [-0.05, 0) is 38.1 Å². The van der Waals surface area contributed by atoms with Gasteiger partial charge in [0.2, 0.25) is 5.95 Å². The molecule has 126 valence electrons. The van der Waals surface area contributed by atoms with E-state index in [1.807, 2.05) is 0 Å². The lowest BCUT2D eigenvalue weighted by Gasteiger charge is -2.24. The second kappa shape index (κ2) is 7.35. The van der Waals surface area contributed by atoms with Gasteiger partial charge < -0.3 is 16.0 Å². The molecule has 7 heteroatoms. The Kier molecular flexibility index (Phi) is 5.00. The van der Waals surface area contributed by atoms with Crippen molar-refractivity contribution in [2.24, 2.45) is 0 Å². The van der Waals surface area contributed by atoms with Crippen LogP contribution >= 0.6 is 0 Å². The standard InChI is InChI=1S/C17H21FN6/c1-20-16-14(15(19)11-3-2-4-12(18)9-11)10-22-17(24-16)23-13-5-7-21-8-6-13/h2-4,9-10,13,19,21H,5-8H2,1H3,(H2,20,22,23,24). The number of benzene rings is 1. The fourth-order valence-corrected chi connectivity index (χ4v) is 2.77. The third-order valence-electron chi connectivity index (χ3n) is 4.08. The number of aromatic nitrogens is 2. The van der Waals surface area contributed by atoms with Crippen molar-refractivity contribution in [1.82, 2.24) is 15.3 Å². The molecule has 1 aliphatic rings.